The monoisotopic (exact) mass is 436 g/mol. The summed E-state index contributed by atoms with van der Waals surface area (Å²) < 4.78 is 4.03. The van der Waals surface area contributed by atoms with E-state index in [1.807, 2.05) is 23.2 Å². The molecule has 2 aliphatic heterocycles. The van der Waals surface area contributed by atoms with E-state index in [0.717, 1.165) is 67.9 Å². The normalized spacial score (nSPS) is 21.7. The highest BCUT2D eigenvalue weighted by Crippen LogP contribution is 2.39. The number of aryl methyl sites for hydroxylation is 2. The Morgan fingerprint density at radius 2 is 1.25 bits per heavy atom. The molecule has 0 amide bonds. The van der Waals surface area contributed by atoms with Crippen molar-refractivity contribution in [3.8, 4) is 0 Å². The van der Waals surface area contributed by atoms with Crippen molar-refractivity contribution in [2.75, 3.05) is 22.9 Å². The SMILES string of the molecule is Cn1cnnc1C1CCCN1c1cc(N2CCCC2c2nncn2C)nc(C(C)(C)C)n1. The van der Waals surface area contributed by atoms with Gasteiger partial charge in [-0.15, -0.1) is 20.4 Å². The summed E-state index contributed by atoms with van der Waals surface area (Å²) in [6, 6.07) is 2.50. The maximum atomic E-state index is 5.05. The first kappa shape index (κ1) is 20.8. The second kappa shape index (κ2) is 7.83. The van der Waals surface area contributed by atoms with Crippen LogP contribution in [0, 0.1) is 0 Å². The van der Waals surface area contributed by atoms with E-state index in [9.17, 15) is 0 Å². The van der Waals surface area contributed by atoms with Gasteiger partial charge in [0.15, 0.2) is 11.6 Å². The van der Waals surface area contributed by atoms with Crippen LogP contribution in [0.2, 0.25) is 0 Å². The van der Waals surface area contributed by atoms with Gasteiger partial charge in [0.2, 0.25) is 0 Å². The molecule has 0 N–H and O–H groups in total. The minimum atomic E-state index is -0.162. The maximum absolute atomic E-state index is 5.05. The Morgan fingerprint density at radius 3 is 1.62 bits per heavy atom. The van der Waals surface area contributed by atoms with Crippen molar-refractivity contribution in [1.29, 1.82) is 0 Å². The van der Waals surface area contributed by atoms with Crippen LogP contribution in [-0.4, -0.2) is 52.6 Å². The molecule has 2 atom stereocenters. The summed E-state index contributed by atoms with van der Waals surface area (Å²) in [6.45, 7) is 8.41. The van der Waals surface area contributed by atoms with Gasteiger partial charge >= 0.3 is 0 Å². The highest BCUT2D eigenvalue weighted by Gasteiger charge is 2.35. The number of rotatable bonds is 4. The van der Waals surface area contributed by atoms with E-state index in [-0.39, 0.29) is 17.5 Å². The van der Waals surface area contributed by atoms with Crippen molar-refractivity contribution < 1.29 is 0 Å². The van der Waals surface area contributed by atoms with E-state index < -0.39 is 0 Å². The fourth-order valence-electron chi connectivity index (χ4n) is 4.86. The van der Waals surface area contributed by atoms with Crippen LogP contribution in [0.3, 0.4) is 0 Å². The van der Waals surface area contributed by atoms with Crippen LogP contribution in [-0.2, 0) is 19.5 Å². The Bertz CT molecular complexity index is 1020. The third-order valence-corrected chi connectivity index (χ3v) is 6.55. The summed E-state index contributed by atoms with van der Waals surface area (Å²) >= 11 is 0. The van der Waals surface area contributed by atoms with Gasteiger partial charge in [-0.05, 0) is 25.7 Å². The van der Waals surface area contributed by atoms with Gasteiger partial charge in [-0.2, -0.15) is 0 Å². The van der Waals surface area contributed by atoms with Crippen molar-refractivity contribution in [2.45, 2.75) is 64.0 Å². The van der Waals surface area contributed by atoms with E-state index >= 15 is 0 Å². The standard InChI is InChI=1S/C22H32N10/c1-22(2,3)21-25-17(31-10-6-8-15(31)19-27-23-13-29(19)4)12-18(26-21)32-11-7-9-16(32)20-28-24-14-30(20)5/h12-16H,6-11H2,1-5H3. The molecule has 0 aliphatic carbocycles. The lowest BCUT2D eigenvalue weighted by Crippen LogP contribution is -2.30. The number of anilines is 2. The predicted molar refractivity (Wildman–Crippen MR) is 121 cm³/mol. The van der Waals surface area contributed by atoms with Gasteiger partial charge in [0.05, 0.1) is 12.1 Å². The lowest BCUT2D eigenvalue weighted by Gasteiger charge is -2.30. The summed E-state index contributed by atoms with van der Waals surface area (Å²) in [5.41, 5.74) is -0.162. The average Bonchev–Trinajstić information content (AvgIpc) is 3.53. The topological polar surface area (TPSA) is 93.7 Å². The Balaban J connectivity index is 1.57. The van der Waals surface area contributed by atoms with Gasteiger partial charge in [-0.1, -0.05) is 20.8 Å². The van der Waals surface area contributed by atoms with Crippen molar-refractivity contribution in [3.05, 3.63) is 36.2 Å². The molecule has 2 saturated heterocycles. The van der Waals surface area contributed by atoms with Gasteiger partial charge in [-0.3, -0.25) is 0 Å². The molecule has 0 bridgehead atoms. The molecule has 3 aromatic heterocycles. The highest BCUT2D eigenvalue weighted by molar-refractivity contribution is 5.54. The first-order valence-corrected chi connectivity index (χ1v) is 11.4. The van der Waals surface area contributed by atoms with Crippen LogP contribution in [0.25, 0.3) is 0 Å². The van der Waals surface area contributed by atoms with Crippen LogP contribution >= 0.6 is 0 Å². The molecule has 5 rings (SSSR count). The van der Waals surface area contributed by atoms with Crippen LogP contribution < -0.4 is 9.80 Å². The van der Waals surface area contributed by atoms with Crippen molar-refractivity contribution in [3.63, 3.8) is 0 Å². The van der Waals surface area contributed by atoms with E-state index in [4.69, 9.17) is 9.97 Å². The number of hydrogen-bond donors (Lipinski definition) is 0. The molecular formula is C22H32N10. The van der Waals surface area contributed by atoms with Gasteiger partial charge in [-0.25, -0.2) is 9.97 Å². The van der Waals surface area contributed by atoms with E-state index in [1.165, 1.54) is 0 Å². The largest absolute Gasteiger partial charge is 0.346 e. The van der Waals surface area contributed by atoms with Crippen LogP contribution in [0.4, 0.5) is 11.6 Å². The molecule has 3 aromatic rings. The molecule has 0 radical (unpaired) electrons. The summed E-state index contributed by atoms with van der Waals surface area (Å²) in [5.74, 6) is 4.76. The quantitative estimate of drug-likeness (QED) is 0.616. The number of nitrogens with zero attached hydrogens (tertiary/aromatic N) is 10. The van der Waals surface area contributed by atoms with Crippen molar-refractivity contribution in [1.82, 2.24) is 39.5 Å². The molecule has 10 heteroatoms. The molecule has 2 aliphatic rings. The lowest BCUT2D eigenvalue weighted by atomic mass is 9.95. The van der Waals surface area contributed by atoms with Gasteiger partial charge in [0.25, 0.3) is 0 Å². The Labute approximate surface area is 188 Å². The van der Waals surface area contributed by atoms with Crippen LogP contribution in [0.15, 0.2) is 18.7 Å². The van der Waals surface area contributed by atoms with Crippen molar-refractivity contribution in [2.24, 2.45) is 14.1 Å². The first-order chi connectivity index (χ1) is 15.3. The Morgan fingerprint density at radius 1 is 0.781 bits per heavy atom. The predicted octanol–water partition coefficient (Wildman–Crippen LogP) is 2.71. The summed E-state index contributed by atoms with van der Waals surface area (Å²) in [4.78, 5) is 14.8. The molecule has 2 unspecified atom stereocenters. The molecule has 32 heavy (non-hydrogen) atoms. The molecule has 2 fully saturated rings. The molecule has 5 heterocycles. The first-order valence-electron chi connectivity index (χ1n) is 11.4. The van der Waals surface area contributed by atoms with Gasteiger partial charge in [0.1, 0.15) is 30.1 Å². The molecule has 10 nitrogen and oxygen atoms in total. The van der Waals surface area contributed by atoms with E-state index in [1.54, 1.807) is 12.7 Å². The summed E-state index contributed by atoms with van der Waals surface area (Å²) in [7, 11) is 4.01. The zero-order chi connectivity index (χ0) is 22.5. The molecule has 170 valence electrons. The Kier molecular flexibility index (Phi) is 5.10. The molecule has 0 saturated carbocycles. The minimum Gasteiger partial charge on any atom is -0.346 e. The zero-order valence-electron chi connectivity index (χ0n) is 19.6. The van der Waals surface area contributed by atoms with Gasteiger partial charge < -0.3 is 18.9 Å². The second-order valence-electron chi connectivity index (χ2n) is 9.96. The number of aromatic nitrogens is 8. The van der Waals surface area contributed by atoms with Gasteiger partial charge in [0, 0.05) is 38.7 Å². The summed E-state index contributed by atoms with van der Waals surface area (Å²) in [6.07, 6.45) is 7.84. The molecule has 0 aromatic carbocycles. The van der Waals surface area contributed by atoms with E-state index in [2.05, 4.69) is 57.0 Å². The third kappa shape index (κ3) is 3.61. The number of hydrogen-bond acceptors (Lipinski definition) is 8. The lowest BCUT2D eigenvalue weighted by molar-refractivity contribution is 0.538. The second-order valence-corrected chi connectivity index (χ2v) is 9.96. The summed E-state index contributed by atoms with van der Waals surface area (Å²) in [5, 5.41) is 17.0. The maximum Gasteiger partial charge on any atom is 0.155 e. The molecule has 0 spiro atoms. The fourth-order valence-corrected chi connectivity index (χ4v) is 4.86. The Hall–Kier alpha value is -3.04. The fraction of sp³-hybridized carbons (Fsp3) is 0.636. The minimum absolute atomic E-state index is 0.162. The van der Waals surface area contributed by atoms with Crippen LogP contribution in [0.5, 0.6) is 0 Å². The average molecular weight is 437 g/mol. The zero-order valence-corrected chi connectivity index (χ0v) is 19.6. The van der Waals surface area contributed by atoms with E-state index in [0.29, 0.717) is 0 Å². The highest BCUT2D eigenvalue weighted by atomic mass is 15.3. The van der Waals surface area contributed by atoms with Crippen LogP contribution in [0.1, 0.15) is 76.0 Å². The van der Waals surface area contributed by atoms with Crippen molar-refractivity contribution >= 4 is 11.6 Å². The smallest absolute Gasteiger partial charge is 0.155 e. The third-order valence-electron chi connectivity index (χ3n) is 6.55. The molecular weight excluding hydrogens is 404 g/mol.